The van der Waals surface area contributed by atoms with Crippen molar-refractivity contribution in [1.29, 1.82) is 0 Å². The molecule has 1 heterocycles. The molecule has 4 heteroatoms. The number of nitrogens with zero attached hydrogens (tertiary/aromatic N) is 2. The van der Waals surface area contributed by atoms with Crippen molar-refractivity contribution in [2.75, 3.05) is 13.7 Å². The molecule has 1 aliphatic carbocycles. The van der Waals surface area contributed by atoms with E-state index in [0.717, 1.165) is 24.6 Å². The first-order valence-electron chi connectivity index (χ1n) is 8.40. The first kappa shape index (κ1) is 16.2. The lowest BCUT2D eigenvalue weighted by molar-refractivity contribution is 0.389. The van der Waals surface area contributed by atoms with Crippen LogP contribution in [0.2, 0.25) is 0 Å². The Morgan fingerprint density at radius 3 is 2.86 bits per heavy atom. The van der Waals surface area contributed by atoms with Gasteiger partial charge in [0.05, 0.1) is 7.11 Å². The molecule has 0 radical (unpaired) electrons. The maximum atomic E-state index is 5.19. The van der Waals surface area contributed by atoms with Gasteiger partial charge in [-0.3, -0.25) is 0 Å². The minimum Gasteiger partial charge on any atom is -0.481 e. The van der Waals surface area contributed by atoms with Crippen molar-refractivity contribution in [3.05, 3.63) is 18.1 Å². The van der Waals surface area contributed by atoms with Gasteiger partial charge in [0, 0.05) is 24.2 Å². The van der Waals surface area contributed by atoms with Crippen molar-refractivity contribution in [1.82, 2.24) is 15.3 Å². The fourth-order valence-electron chi connectivity index (χ4n) is 3.21. The van der Waals surface area contributed by atoms with Crippen LogP contribution < -0.4 is 10.1 Å². The van der Waals surface area contributed by atoms with Gasteiger partial charge in [-0.2, -0.15) is 0 Å². The highest BCUT2D eigenvalue weighted by Gasteiger charge is 2.18. The lowest BCUT2D eigenvalue weighted by Gasteiger charge is -2.20. The van der Waals surface area contributed by atoms with Gasteiger partial charge < -0.3 is 10.1 Å². The zero-order chi connectivity index (χ0) is 14.9. The van der Waals surface area contributed by atoms with Crippen molar-refractivity contribution >= 4 is 0 Å². The summed E-state index contributed by atoms with van der Waals surface area (Å²) in [5.41, 5.74) is 1.07. The molecule has 1 aromatic rings. The number of nitrogens with one attached hydrogen (secondary N) is 1. The van der Waals surface area contributed by atoms with Gasteiger partial charge in [-0.1, -0.05) is 32.6 Å². The van der Waals surface area contributed by atoms with E-state index in [0.29, 0.717) is 11.9 Å². The molecule has 1 N–H and O–H groups in total. The summed E-state index contributed by atoms with van der Waals surface area (Å²) in [7, 11) is 1.65. The van der Waals surface area contributed by atoms with Gasteiger partial charge >= 0.3 is 0 Å². The van der Waals surface area contributed by atoms with Crippen LogP contribution in [0.5, 0.6) is 5.88 Å². The van der Waals surface area contributed by atoms with Gasteiger partial charge in [-0.25, -0.2) is 9.97 Å². The average molecular weight is 291 g/mol. The minimum atomic E-state index is 0.519. The molecule has 0 saturated heterocycles. The monoisotopic (exact) mass is 291 g/mol. The largest absolute Gasteiger partial charge is 0.481 e. The molecule has 1 aliphatic rings. The fraction of sp³-hybridized carbons (Fsp3) is 0.765. The average Bonchev–Trinajstić information content (AvgIpc) is 3.03. The summed E-state index contributed by atoms with van der Waals surface area (Å²) in [6.07, 6.45) is 12.1. The van der Waals surface area contributed by atoms with Crippen molar-refractivity contribution < 1.29 is 4.74 Å². The van der Waals surface area contributed by atoms with E-state index in [4.69, 9.17) is 4.74 Å². The maximum Gasteiger partial charge on any atom is 0.216 e. The Morgan fingerprint density at radius 2 is 2.14 bits per heavy atom. The second-order valence-corrected chi connectivity index (χ2v) is 6.13. The van der Waals surface area contributed by atoms with Gasteiger partial charge in [0.15, 0.2) is 0 Å². The summed E-state index contributed by atoms with van der Waals surface area (Å²) in [6.45, 7) is 3.30. The lowest BCUT2D eigenvalue weighted by atomic mass is 9.96. The van der Waals surface area contributed by atoms with Gasteiger partial charge in [0.2, 0.25) is 5.88 Å². The normalized spacial score (nSPS) is 17.0. The highest BCUT2D eigenvalue weighted by atomic mass is 16.5. The quantitative estimate of drug-likeness (QED) is 0.758. The van der Waals surface area contributed by atoms with Crippen LogP contribution in [0, 0.1) is 5.92 Å². The summed E-state index contributed by atoms with van der Waals surface area (Å²) < 4.78 is 5.19. The Balaban J connectivity index is 1.87. The van der Waals surface area contributed by atoms with Crippen LogP contribution >= 0.6 is 0 Å². The molecule has 0 amide bonds. The smallest absolute Gasteiger partial charge is 0.216 e. The summed E-state index contributed by atoms with van der Waals surface area (Å²) in [5, 5.41) is 3.68. The second-order valence-electron chi connectivity index (χ2n) is 6.13. The van der Waals surface area contributed by atoms with Crippen LogP contribution in [0.3, 0.4) is 0 Å². The third-order valence-corrected chi connectivity index (χ3v) is 4.44. The van der Waals surface area contributed by atoms with Crippen LogP contribution in [-0.4, -0.2) is 29.7 Å². The van der Waals surface area contributed by atoms with Crippen LogP contribution in [0.1, 0.15) is 57.6 Å². The molecule has 0 aromatic carbocycles. The molecule has 0 aliphatic heterocycles. The molecule has 118 valence electrons. The number of methoxy groups -OCH3 is 1. The number of aromatic nitrogens is 2. The van der Waals surface area contributed by atoms with E-state index in [2.05, 4.69) is 22.2 Å². The van der Waals surface area contributed by atoms with Crippen LogP contribution in [0.4, 0.5) is 0 Å². The maximum absolute atomic E-state index is 5.19. The standard InChI is InChI=1S/C17H29N3O/c1-3-10-18-15(9-8-14-6-4-5-7-14)11-16-12-17(21-2)20-13-19-16/h12-15,18H,3-11H2,1-2H3. The molecule has 0 bridgehead atoms. The number of hydrogen-bond acceptors (Lipinski definition) is 4. The molecule has 1 fully saturated rings. The first-order valence-corrected chi connectivity index (χ1v) is 8.40. The summed E-state index contributed by atoms with van der Waals surface area (Å²) in [5.74, 6) is 1.61. The van der Waals surface area contributed by atoms with Gasteiger partial charge in [0.1, 0.15) is 6.33 Å². The Bertz CT molecular complexity index is 405. The summed E-state index contributed by atoms with van der Waals surface area (Å²) in [4.78, 5) is 8.47. The van der Waals surface area contributed by atoms with Crippen molar-refractivity contribution in [3.63, 3.8) is 0 Å². The number of rotatable bonds is 9. The zero-order valence-corrected chi connectivity index (χ0v) is 13.5. The SMILES string of the molecule is CCCNC(CCC1CCCC1)Cc1cc(OC)ncn1. The van der Waals surface area contributed by atoms with Crippen LogP contribution in [0.15, 0.2) is 12.4 Å². The van der Waals surface area contributed by atoms with E-state index in [9.17, 15) is 0 Å². The van der Waals surface area contributed by atoms with Gasteiger partial charge in [-0.15, -0.1) is 0 Å². The van der Waals surface area contributed by atoms with Crippen LogP contribution in [0.25, 0.3) is 0 Å². The Morgan fingerprint density at radius 1 is 1.33 bits per heavy atom. The van der Waals surface area contributed by atoms with Gasteiger partial charge in [-0.05, 0) is 31.7 Å². The predicted octanol–water partition coefficient (Wildman–Crippen LogP) is 3.37. The highest BCUT2D eigenvalue weighted by Crippen LogP contribution is 2.29. The van der Waals surface area contributed by atoms with E-state index in [-0.39, 0.29) is 0 Å². The van der Waals surface area contributed by atoms with E-state index in [1.54, 1.807) is 13.4 Å². The number of ether oxygens (including phenoxy) is 1. The minimum absolute atomic E-state index is 0.519. The van der Waals surface area contributed by atoms with Crippen molar-refractivity contribution in [2.45, 2.75) is 64.3 Å². The van der Waals surface area contributed by atoms with Crippen LogP contribution in [-0.2, 0) is 6.42 Å². The molecule has 1 atom stereocenters. The topological polar surface area (TPSA) is 47.0 Å². The molecule has 1 aromatic heterocycles. The van der Waals surface area contributed by atoms with E-state index >= 15 is 0 Å². The van der Waals surface area contributed by atoms with Crippen molar-refractivity contribution in [2.24, 2.45) is 5.92 Å². The van der Waals surface area contributed by atoms with Gasteiger partial charge in [0.25, 0.3) is 0 Å². The molecular weight excluding hydrogens is 262 g/mol. The van der Waals surface area contributed by atoms with E-state index in [1.807, 2.05) is 6.07 Å². The van der Waals surface area contributed by atoms with E-state index < -0.39 is 0 Å². The molecule has 4 nitrogen and oxygen atoms in total. The molecular formula is C17H29N3O. The summed E-state index contributed by atoms with van der Waals surface area (Å²) >= 11 is 0. The van der Waals surface area contributed by atoms with E-state index in [1.165, 1.54) is 44.9 Å². The molecule has 21 heavy (non-hydrogen) atoms. The fourth-order valence-corrected chi connectivity index (χ4v) is 3.21. The zero-order valence-electron chi connectivity index (χ0n) is 13.5. The second kappa shape index (κ2) is 8.98. The molecule has 2 rings (SSSR count). The van der Waals surface area contributed by atoms with Crippen molar-refractivity contribution in [3.8, 4) is 5.88 Å². The molecule has 0 spiro atoms. The Kier molecular flexibility index (Phi) is 6.93. The number of hydrogen-bond donors (Lipinski definition) is 1. The predicted molar refractivity (Wildman–Crippen MR) is 85.6 cm³/mol. The first-order chi connectivity index (χ1) is 10.3. The molecule has 1 saturated carbocycles. The lowest BCUT2D eigenvalue weighted by Crippen LogP contribution is -2.32. The highest BCUT2D eigenvalue weighted by molar-refractivity contribution is 5.14. The third kappa shape index (κ3) is 5.62. The third-order valence-electron chi connectivity index (χ3n) is 4.44. The summed E-state index contributed by atoms with van der Waals surface area (Å²) in [6, 6.07) is 2.47. The Hall–Kier alpha value is -1.16. The Labute approximate surface area is 128 Å². The molecule has 1 unspecified atom stereocenters.